The van der Waals surface area contributed by atoms with Crippen molar-refractivity contribution in [2.24, 2.45) is 35.5 Å². The first-order chi connectivity index (χ1) is 12.9. The molecule has 1 N–H and O–H groups in total. The van der Waals surface area contributed by atoms with Gasteiger partial charge in [-0.2, -0.15) is 0 Å². The van der Waals surface area contributed by atoms with Gasteiger partial charge in [-0.25, -0.2) is 0 Å². The number of imide groups is 1. The van der Waals surface area contributed by atoms with Gasteiger partial charge in [-0.05, 0) is 55.2 Å². The number of carbonyl (C=O) groups is 3. The van der Waals surface area contributed by atoms with Gasteiger partial charge in [0.05, 0.1) is 22.5 Å². The van der Waals surface area contributed by atoms with Gasteiger partial charge in [0.15, 0.2) is 0 Å². The SMILES string of the molecule is C[C@H](C(=O)Nc1cc(Cl)ccc1Cl)N1C(=O)[C@@H]2[C@H]3C=C[C@@H]([C@@H]4C[C@@H]34)[C@@H]2C1=O. The third kappa shape index (κ3) is 2.41. The summed E-state index contributed by atoms with van der Waals surface area (Å²) in [7, 11) is 0. The van der Waals surface area contributed by atoms with Crippen LogP contribution in [-0.4, -0.2) is 28.7 Å². The Hall–Kier alpha value is -1.85. The zero-order chi connectivity index (χ0) is 19.0. The number of likely N-dealkylation sites (tertiary alicyclic amines) is 1. The highest BCUT2D eigenvalue weighted by molar-refractivity contribution is 6.35. The van der Waals surface area contributed by atoms with Crippen molar-refractivity contribution in [3.63, 3.8) is 0 Å². The van der Waals surface area contributed by atoms with Crippen LogP contribution >= 0.6 is 23.2 Å². The second-order valence-electron chi connectivity index (χ2n) is 7.99. The van der Waals surface area contributed by atoms with Crippen molar-refractivity contribution in [3.8, 4) is 0 Å². The smallest absolute Gasteiger partial charge is 0.247 e. The van der Waals surface area contributed by atoms with Crippen LogP contribution in [-0.2, 0) is 14.4 Å². The Kier molecular flexibility index (Phi) is 3.72. The van der Waals surface area contributed by atoms with Gasteiger partial charge in [0.1, 0.15) is 6.04 Å². The van der Waals surface area contributed by atoms with E-state index in [-0.39, 0.29) is 35.5 Å². The standard InChI is InChI=1S/C20H18Cl2N2O3/c1-8(18(25)23-15-6-9(21)2-5-14(15)22)24-19(26)16-10-3-4-11(13-7-12(10)13)17(16)20(24)27/h2-6,8,10-13,16-17H,7H2,1H3,(H,23,25)/t8-,10+,11+,12+,13+,16-,17+/m1/s1. The van der Waals surface area contributed by atoms with Crippen molar-refractivity contribution in [3.05, 3.63) is 40.4 Å². The Labute approximate surface area is 166 Å². The van der Waals surface area contributed by atoms with E-state index in [1.807, 2.05) is 0 Å². The van der Waals surface area contributed by atoms with E-state index in [2.05, 4.69) is 17.5 Å². The van der Waals surface area contributed by atoms with E-state index >= 15 is 0 Å². The summed E-state index contributed by atoms with van der Waals surface area (Å²) in [5, 5.41) is 3.47. The highest BCUT2D eigenvalue weighted by Gasteiger charge is 2.67. The first-order valence-corrected chi connectivity index (χ1v) is 9.95. The molecule has 3 amide bonds. The van der Waals surface area contributed by atoms with Crippen LogP contribution < -0.4 is 5.32 Å². The first kappa shape index (κ1) is 17.3. The van der Waals surface area contributed by atoms with Crippen LogP contribution in [0.15, 0.2) is 30.4 Å². The Balaban J connectivity index is 1.39. The average molecular weight is 405 g/mol. The minimum absolute atomic E-state index is 0.143. The molecule has 5 nitrogen and oxygen atoms in total. The minimum Gasteiger partial charge on any atom is -0.323 e. The van der Waals surface area contributed by atoms with Gasteiger partial charge in [0, 0.05) is 5.02 Å². The molecule has 1 aliphatic heterocycles. The van der Waals surface area contributed by atoms with Crippen molar-refractivity contribution in [2.45, 2.75) is 19.4 Å². The van der Waals surface area contributed by atoms with Crippen LogP contribution in [0.25, 0.3) is 0 Å². The summed E-state index contributed by atoms with van der Waals surface area (Å²) in [4.78, 5) is 40.0. The molecule has 7 heteroatoms. The second-order valence-corrected chi connectivity index (χ2v) is 8.83. The lowest BCUT2D eigenvalue weighted by Crippen LogP contribution is -2.46. The molecule has 27 heavy (non-hydrogen) atoms. The fourth-order valence-corrected chi connectivity index (χ4v) is 5.65. The fraction of sp³-hybridized carbons (Fsp3) is 0.450. The molecule has 6 rings (SSSR count). The molecule has 2 saturated carbocycles. The van der Waals surface area contributed by atoms with E-state index in [9.17, 15) is 14.4 Å². The van der Waals surface area contributed by atoms with Crippen LogP contribution in [0, 0.1) is 35.5 Å². The zero-order valence-electron chi connectivity index (χ0n) is 14.6. The predicted octanol–water partition coefficient (Wildman–Crippen LogP) is 3.37. The summed E-state index contributed by atoms with van der Waals surface area (Å²) in [5.41, 5.74) is 0.362. The van der Waals surface area contributed by atoms with E-state index in [1.165, 1.54) is 4.90 Å². The minimum atomic E-state index is -0.902. The topological polar surface area (TPSA) is 66.5 Å². The van der Waals surface area contributed by atoms with Crippen molar-refractivity contribution >= 4 is 46.6 Å². The lowest BCUT2D eigenvalue weighted by Gasteiger charge is -2.37. The Morgan fingerprint density at radius 1 is 1.11 bits per heavy atom. The van der Waals surface area contributed by atoms with Gasteiger partial charge in [-0.3, -0.25) is 19.3 Å². The van der Waals surface area contributed by atoms with Crippen molar-refractivity contribution in [1.82, 2.24) is 4.90 Å². The van der Waals surface area contributed by atoms with Crippen LogP contribution in [0.3, 0.4) is 0 Å². The molecule has 0 spiro atoms. The predicted molar refractivity (Wildman–Crippen MR) is 101 cm³/mol. The summed E-state index contributed by atoms with van der Waals surface area (Å²) in [6, 6.07) is 3.84. The molecule has 0 aromatic heterocycles. The number of hydrogen-bond donors (Lipinski definition) is 1. The number of benzene rings is 1. The molecule has 140 valence electrons. The summed E-state index contributed by atoms with van der Waals surface area (Å²) < 4.78 is 0. The number of nitrogens with one attached hydrogen (secondary N) is 1. The molecule has 4 aliphatic carbocycles. The van der Waals surface area contributed by atoms with Gasteiger partial charge in [-0.1, -0.05) is 35.4 Å². The molecule has 5 aliphatic rings. The van der Waals surface area contributed by atoms with E-state index in [0.29, 0.717) is 27.6 Å². The molecule has 1 aromatic rings. The number of halogens is 2. The molecular formula is C20H18Cl2N2O3. The molecular weight excluding hydrogens is 387 g/mol. The van der Waals surface area contributed by atoms with Crippen LogP contribution in [0.5, 0.6) is 0 Å². The zero-order valence-corrected chi connectivity index (χ0v) is 16.1. The van der Waals surface area contributed by atoms with Crippen molar-refractivity contribution < 1.29 is 14.4 Å². The quantitative estimate of drug-likeness (QED) is 0.620. The van der Waals surface area contributed by atoms with Gasteiger partial charge in [0.25, 0.3) is 0 Å². The summed E-state index contributed by atoms with van der Waals surface area (Å²) in [5.74, 6) is -0.135. The average Bonchev–Trinajstić information content (AvgIpc) is 3.42. The molecule has 1 aromatic carbocycles. The summed E-state index contributed by atoms with van der Waals surface area (Å²) in [6.07, 6.45) is 5.34. The molecule has 1 saturated heterocycles. The third-order valence-electron chi connectivity index (χ3n) is 6.65. The van der Waals surface area contributed by atoms with Crippen LogP contribution in [0.1, 0.15) is 13.3 Å². The molecule has 0 radical (unpaired) electrons. The first-order valence-electron chi connectivity index (χ1n) is 9.19. The molecule has 1 heterocycles. The lowest BCUT2D eigenvalue weighted by molar-refractivity contribution is -0.146. The van der Waals surface area contributed by atoms with Gasteiger partial charge >= 0.3 is 0 Å². The number of rotatable bonds is 3. The number of allylic oxidation sites excluding steroid dienone is 2. The Morgan fingerprint density at radius 3 is 2.30 bits per heavy atom. The van der Waals surface area contributed by atoms with Crippen molar-refractivity contribution in [1.29, 1.82) is 0 Å². The van der Waals surface area contributed by atoms with Gasteiger partial charge < -0.3 is 5.32 Å². The molecule has 0 unspecified atom stereocenters. The number of hydrogen-bond acceptors (Lipinski definition) is 3. The van der Waals surface area contributed by atoms with Crippen molar-refractivity contribution in [2.75, 3.05) is 5.32 Å². The maximum atomic E-state index is 13.1. The fourth-order valence-electron chi connectivity index (χ4n) is 5.31. The van der Waals surface area contributed by atoms with Gasteiger partial charge in [0.2, 0.25) is 17.7 Å². The second kappa shape index (κ2) is 5.82. The summed E-state index contributed by atoms with van der Waals surface area (Å²) >= 11 is 12.1. The molecule has 7 atom stereocenters. The highest BCUT2D eigenvalue weighted by atomic mass is 35.5. The lowest BCUT2D eigenvalue weighted by atomic mass is 9.63. The maximum absolute atomic E-state index is 13.1. The number of nitrogens with zero attached hydrogens (tertiary/aromatic N) is 1. The third-order valence-corrected chi connectivity index (χ3v) is 7.21. The highest BCUT2D eigenvalue weighted by Crippen LogP contribution is 2.65. The Morgan fingerprint density at radius 2 is 1.70 bits per heavy atom. The van der Waals surface area contributed by atoms with Crippen LogP contribution in [0.2, 0.25) is 10.0 Å². The number of amides is 3. The molecule has 3 fully saturated rings. The van der Waals surface area contributed by atoms with E-state index < -0.39 is 11.9 Å². The van der Waals surface area contributed by atoms with E-state index in [1.54, 1.807) is 25.1 Å². The number of carbonyl (C=O) groups excluding carboxylic acids is 3. The Bertz CT molecular complexity index is 878. The molecule has 2 bridgehead atoms. The van der Waals surface area contributed by atoms with Crippen LogP contribution in [0.4, 0.5) is 5.69 Å². The van der Waals surface area contributed by atoms with Gasteiger partial charge in [-0.15, -0.1) is 0 Å². The largest absolute Gasteiger partial charge is 0.323 e. The maximum Gasteiger partial charge on any atom is 0.247 e. The summed E-state index contributed by atoms with van der Waals surface area (Å²) in [6.45, 7) is 1.58. The van der Waals surface area contributed by atoms with E-state index in [4.69, 9.17) is 23.2 Å². The number of anilines is 1. The monoisotopic (exact) mass is 404 g/mol. The van der Waals surface area contributed by atoms with E-state index in [0.717, 1.165) is 6.42 Å². The normalized spacial score (nSPS) is 36.5.